The molecule has 0 spiro atoms. The number of carbonyl (C=O) groups is 2. The SMILES string of the molecule is COC(=O)c1cc(CNC(=O)c2c(-c3ccccc3Cl)noc2C)oc1C. The fraction of sp³-hybridized carbons (Fsp3) is 0.211. The summed E-state index contributed by atoms with van der Waals surface area (Å²) >= 11 is 6.21. The number of hydrogen-bond acceptors (Lipinski definition) is 6. The summed E-state index contributed by atoms with van der Waals surface area (Å²) in [5.41, 5.74) is 1.57. The van der Waals surface area contributed by atoms with Crippen molar-refractivity contribution in [3.63, 3.8) is 0 Å². The van der Waals surface area contributed by atoms with Gasteiger partial charge in [-0.1, -0.05) is 35.0 Å². The maximum absolute atomic E-state index is 12.7. The summed E-state index contributed by atoms with van der Waals surface area (Å²) in [5, 5.41) is 7.17. The zero-order valence-corrected chi connectivity index (χ0v) is 15.7. The van der Waals surface area contributed by atoms with Crippen LogP contribution >= 0.6 is 11.6 Å². The van der Waals surface area contributed by atoms with Crippen LogP contribution in [0.1, 0.15) is 38.0 Å². The van der Waals surface area contributed by atoms with Gasteiger partial charge in [0.05, 0.1) is 18.7 Å². The van der Waals surface area contributed by atoms with Crippen LogP contribution in [-0.4, -0.2) is 24.1 Å². The second-order valence-corrected chi connectivity index (χ2v) is 6.21. The minimum Gasteiger partial charge on any atom is -0.465 e. The first-order valence-electron chi connectivity index (χ1n) is 8.09. The fourth-order valence-corrected chi connectivity index (χ4v) is 2.90. The lowest BCUT2D eigenvalue weighted by molar-refractivity contribution is 0.0598. The summed E-state index contributed by atoms with van der Waals surface area (Å²) in [7, 11) is 1.29. The molecular weight excluding hydrogens is 372 g/mol. The third-order valence-corrected chi connectivity index (χ3v) is 4.35. The van der Waals surface area contributed by atoms with Gasteiger partial charge in [-0.2, -0.15) is 0 Å². The molecule has 140 valence electrons. The predicted molar refractivity (Wildman–Crippen MR) is 97.6 cm³/mol. The molecule has 0 bridgehead atoms. The molecule has 3 rings (SSSR count). The van der Waals surface area contributed by atoms with Gasteiger partial charge in [-0.15, -0.1) is 0 Å². The van der Waals surface area contributed by atoms with Crippen LogP contribution in [0.3, 0.4) is 0 Å². The second-order valence-electron chi connectivity index (χ2n) is 5.80. The number of methoxy groups -OCH3 is 1. The van der Waals surface area contributed by atoms with Gasteiger partial charge in [-0.05, 0) is 26.0 Å². The molecule has 0 saturated carbocycles. The number of amides is 1. The number of furan rings is 1. The Labute approximate surface area is 160 Å². The average Bonchev–Trinajstić information content (AvgIpc) is 3.22. The van der Waals surface area contributed by atoms with Crippen LogP contribution in [0.15, 0.2) is 39.3 Å². The zero-order chi connectivity index (χ0) is 19.6. The summed E-state index contributed by atoms with van der Waals surface area (Å²) in [6, 6.07) is 8.60. The quantitative estimate of drug-likeness (QED) is 0.665. The zero-order valence-electron chi connectivity index (χ0n) is 15.0. The molecule has 7 nitrogen and oxygen atoms in total. The maximum Gasteiger partial charge on any atom is 0.341 e. The molecule has 3 aromatic rings. The molecule has 8 heteroatoms. The predicted octanol–water partition coefficient (Wildman–Crippen LogP) is 3.92. The molecule has 1 N–H and O–H groups in total. The van der Waals surface area contributed by atoms with Gasteiger partial charge in [0.1, 0.15) is 34.1 Å². The van der Waals surface area contributed by atoms with Crippen molar-refractivity contribution in [3.05, 3.63) is 63.8 Å². The average molecular weight is 389 g/mol. The third-order valence-electron chi connectivity index (χ3n) is 4.02. The van der Waals surface area contributed by atoms with E-state index in [1.54, 1.807) is 38.1 Å². The molecule has 1 amide bonds. The van der Waals surface area contributed by atoms with Crippen LogP contribution in [0.5, 0.6) is 0 Å². The van der Waals surface area contributed by atoms with Gasteiger partial charge in [-0.3, -0.25) is 4.79 Å². The molecular formula is C19H17ClN2O5. The molecule has 0 aliphatic heterocycles. The van der Waals surface area contributed by atoms with Gasteiger partial charge in [0.2, 0.25) is 0 Å². The first-order chi connectivity index (χ1) is 12.9. The molecule has 2 heterocycles. The van der Waals surface area contributed by atoms with E-state index in [-0.39, 0.29) is 6.54 Å². The molecule has 0 fully saturated rings. The topological polar surface area (TPSA) is 94.6 Å². The normalized spacial score (nSPS) is 10.7. The Hall–Kier alpha value is -3.06. The van der Waals surface area contributed by atoms with E-state index in [2.05, 4.69) is 15.2 Å². The summed E-state index contributed by atoms with van der Waals surface area (Å²) in [6.45, 7) is 3.38. The third kappa shape index (κ3) is 3.73. The summed E-state index contributed by atoms with van der Waals surface area (Å²) in [6.07, 6.45) is 0. The van der Waals surface area contributed by atoms with Crippen LogP contribution in [-0.2, 0) is 11.3 Å². The Morgan fingerprint density at radius 2 is 1.96 bits per heavy atom. The first-order valence-corrected chi connectivity index (χ1v) is 8.47. The summed E-state index contributed by atoms with van der Waals surface area (Å²) in [4.78, 5) is 24.3. The van der Waals surface area contributed by atoms with Crippen molar-refractivity contribution in [2.24, 2.45) is 0 Å². The molecule has 0 radical (unpaired) electrons. The standard InChI is InChI=1S/C19H17ClN2O5/c1-10-14(19(24)25-3)8-12(26-10)9-21-18(23)16-11(2)27-22-17(16)13-6-4-5-7-15(13)20/h4-8H,9H2,1-3H3,(H,21,23). The highest BCUT2D eigenvalue weighted by Gasteiger charge is 2.23. The number of nitrogens with zero attached hydrogens (tertiary/aromatic N) is 1. The van der Waals surface area contributed by atoms with E-state index in [4.69, 9.17) is 20.5 Å². The number of nitrogens with one attached hydrogen (secondary N) is 1. The largest absolute Gasteiger partial charge is 0.465 e. The van der Waals surface area contributed by atoms with E-state index in [1.165, 1.54) is 13.2 Å². The first kappa shape index (κ1) is 18.7. The van der Waals surface area contributed by atoms with Crippen molar-refractivity contribution in [1.29, 1.82) is 0 Å². The number of esters is 1. The highest BCUT2D eigenvalue weighted by atomic mass is 35.5. The lowest BCUT2D eigenvalue weighted by atomic mass is 10.1. The van der Waals surface area contributed by atoms with Gasteiger partial charge in [-0.25, -0.2) is 4.79 Å². The maximum atomic E-state index is 12.7. The molecule has 0 aliphatic rings. The molecule has 0 saturated heterocycles. The number of carbonyl (C=O) groups excluding carboxylic acids is 2. The number of aromatic nitrogens is 1. The van der Waals surface area contributed by atoms with E-state index in [1.807, 2.05) is 0 Å². The van der Waals surface area contributed by atoms with Gasteiger partial charge in [0, 0.05) is 5.56 Å². The minimum absolute atomic E-state index is 0.0866. The van der Waals surface area contributed by atoms with Gasteiger partial charge in [0.15, 0.2) is 0 Å². The number of halogens is 1. The van der Waals surface area contributed by atoms with Crippen molar-refractivity contribution in [1.82, 2.24) is 10.5 Å². The number of ether oxygens (including phenoxy) is 1. The van der Waals surface area contributed by atoms with Gasteiger partial charge >= 0.3 is 5.97 Å². The van der Waals surface area contributed by atoms with E-state index in [9.17, 15) is 9.59 Å². The molecule has 2 aromatic heterocycles. The number of aryl methyl sites for hydroxylation is 2. The Morgan fingerprint density at radius 3 is 2.67 bits per heavy atom. The number of rotatable bonds is 5. The van der Waals surface area contributed by atoms with E-state index in [0.717, 1.165) is 0 Å². The molecule has 0 unspecified atom stereocenters. The molecule has 0 atom stereocenters. The smallest absolute Gasteiger partial charge is 0.341 e. The van der Waals surface area contributed by atoms with E-state index < -0.39 is 11.9 Å². The van der Waals surface area contributed by atoms with Crippen molar-refractivity contribution < 1.29 is 23.3 Å². The Morgan fingerprint density at radius 1 is 1.22 bits per heavy atom. The Bertz CT molecular complexity index is 1010. The van der Waals surface area contributed by atoms with Crippen LogP contribution in [0.4, 0.5) is 0 Å². The minimum atomic E-state index is -0.496. The van der Waals surface area contributed by atoms with E-state index >= 15 is 0 Å². The van der Waals surface area contributed by atoms with Crippen LogP contribution in [0.2, 0.25) is 5.02 Å². The Balaban J connectivity index is 1.81. The van der Waals surface area contributed by atoms with Crippen molar-refractivity contribution >= 4 is 23.5 Å². The van der Waals surface area contributed by atoms with Crippen molar-refractivity contribution in [2.45, 2.75) is 20.4 Å². The van der Waals surface area contributed by atoms with Crippen LogP contribution in [0, 0.1) is 13.8 Å². The van der Waals surface area contributed by atoms with Gasteiger partial charge in [0.25, 0.3) is 5.91 Å². The van der Waals surface area contributed by atoms with E-state index in [0.29, 0.717) is 44.7 Å². The monoisotopic (exact) mass is 388 g/mol. The Kier molecular flexibility index (Phi) is 5.32. The highest BCUT2D eigenvalue weighted by molar-refractivity contribution is 6.33. The summed E-state index contributed by atoms with van der Waals surface area (Å²) in [5.74, 6) is 0.328. The number of hydrogen-bond donors (Lipinski definition) is 1. The molecule has 1 aromatic carbocycles. The fourth-order valence-electron chi connectivity index (χ4n) is 2.68. The second kappa shape index (κ2) is 7.67. The lowest BCUT2D eigenvalue weighted by Crippen LogP contribution is -2.23. The van der Waals surface area contributed by atoms with Crippen LogP contribution < -0.4 is 5.32 Å². The van der Waals surface area contributed by atoms with Crippen molar-refractivity contribution in [3.8, 4) is 11.3 Å². The molecule has 27 heavy (non-hydrogen) atoms. The highest BCUT2D eigenvalue weighted by Crippen LogP contribution is 2.31. The summed E-state index contributed by atoms with van der Waals surface area (Å²) < 4.78 is 15.4. The number of benzene rings is 1. The lowest BCUT2D eigenvalue weighted by Gasteiger charge is -2.05. The van der Waals surface area contributed by atoms with Crippen molar-refractivity contribution in [2.75, 3.05) is 7.11 Å². The van der Waals surface area contributed by atoms with Gasteiger partial charge < -0.3 is 19.0 Å². The van der Waals surface area contributed by atoms with Crippen LogP contribution in [0.25, 0.3) is 11.3 Å². The molecule has 0 aliphatic carbocycles.